The molecule has 0 amide bonds. The third kappa shape index (κ3) is 2.84. The van der Waals surface area contributed by atoms with Crippen molar-refractivity contribution in [3.63, 3.8) is 0 Å². The largest absolute Gasteiger partial charge is 0.480 e. The number of carboxylic acids is 1. The molecule has 100 valence electrons. The van der Waals surface area contributed by atoms with Gasteiger partial charge in [0.05, 0.1) is 0 Å². The molecule has 3 N–H and O–H groups in total. The fourth-order valence-corrected chi connectivity index (χ4v) is 3.16. The van der Waals surface area contributed by atoms with Crippen LogP contribution in [-0.4, -0.2) is 43.6 Å². The van der Waals surface area contributed by atoms with Crippen LogP contribution in [0.1, 0.15) is 26.7 Å². The van der Waals surface area contributed by atoms with Crippen LogP contribution in [0.25, 0.3) is 0 Å². The molecule has 1 atom stereocenters. The van der Waals surface area contributed by atoms with Gasteiger partial charge in [-0.15, -0.1) is 0 Å². The van der Waals surface area contributed by atoms with E-state index in [2.05, 4.69) is 20.5 Å². The van der Waals surface area contributed by atoms with Gasteiger partial charge >= 0.3 is 5.97 Å². The molecule has 0 aliphatic heterocycles. The lowest BCUT2D eigenvalue weighted by atomic mass is 9.94. The molecule has 1 unspecified atom stereocenters. The highest BCUT2D eigenvalue weighted by molar-refractivity contribution is 7.99. The minimum atomic E-state index is -0.856. The second-order valence-corrected chi connectivity index (χ2v) is 5.89. The molecule has 1 aliphatic rings. The second kappa shape index (κ2) is 5.27. The van der Waals surface area contributed by atoms with E-state index in [4.69, 9.17) is 0 Å². The average molecular weight is 270 g/mol. The predicted molar refractivity (Wildman–Crippen MR) is 68.5 cm³/mol. The summed E-state index contributed by atoms with van der Waals surface area (Å²) < 4.78 is 0. The maximum Gasteiger partial charge on any atom is 0.325 e. The normalized spacial score (nSPS) is 18.8. The Morgan fingerprint density at radius 3 is 2.89 bits per heavy atom. The fraction of sp³-hybridized carbons (Fsp3) is 0.727. The van der Waals surface area contributed by atoms with Crippen molar-refractivity contribution < 1.29 is 9.90 Å². The topological polar surface area (TPSA) is 90.9 Å². The quantitative estimate of drug-likeness (QED) is 0.643. The van der Waals surface area contributed by atoms with E-state index in [0.29, 0.717) is 10.9 Å². The molecule has 1 aromatic rings. The van der Waals surface area contributed by atoms with Gasteiger partial charge in [0.2, 0.25) is 0 Å². The van der Waals surface area contributed by atoms with Crippen molar-refractivity contribution in [2.75, 3.05) is 5.75 Å². The van der Waals surface area contributed by atoms with Crippen LogP contribution in [0.2, 0.25) is 0 Å². The Labute approximate surface area is 110 Å². The summed E-state index contributed by atoms with van der Waals surface area (Å²) in [7, 11) is 0. The number of hydrogen-bond acceptors (Lipinski definition) is 5. The summed E-state index contributed by atoms with van der Waals surface area (Å²) in [6.45, 7) is 3.94. The van der Waals surface area contributed by atoms with Crippen molar-refractivity contribution in [3.05, 3.63) is 6.33 Å². The van der Waals surface area contributed by atoms with Crippen LogP contribution in [0.5, 0.6) is 0 Å². The Morgan fingerprint density at radius 2 is 2.44 bits per heavy atom. The van der Waals surface area contributed by atoms with Gasteiger partial charge in [-0.25, -0.2) is 4.98 Å². The molecule has 2 rings (SSSR count). The third-order valence-electron chi connectivity index (χ3n) is 3.03. The molecule has 1 fully saturated rings. The van der Waals surface area contributed by atoms with Gasteiger partial charge in [-0.2, -0.15) is 5.10 Å². The molecule has 1 saturated carbocycles. The van der Waals surface area contributed by atoms with Gasteiger partial charge in [0.1, 0.15) is 11.9 Å². The molecule has 0 bridgehead atoms. The first kappa shape index (κ1) is 13.4. The molecule has 0 aromatic carbocycles. The molecule has 0 saturated heterocycles. The van der Waals surface area contributed by atoms with Gasteiger partial charge in [-0.1, -0.05) is 11.8 Å². The third-order valence-corrected chi connectivity index (χ3v) is 4.10. The van der Waals surface area contributed by atoms with Crippen molar-refractivity contribution in [1.29, 1.82) is 0 Å². The molecular weight excluding hydrogens is 252 g/mol. The lowest BCUT2D eigenvalue weighted by Gasteiger charge is -2.32. The lowest BCUT2D eigenvalue weighted by Crippen LogP contribution is -2.58. The van der Waals surface area contributed by atoms with Crippen LogP contribution in [0.3, 0.4) is 0 Å². The zero-order valence-corrected chi connectivity index (χ0v) is 11.3. The van der Waals surface area contributed by atoms with Crippen LogP contribution >= 0.6 is 11.8 Å². The standard InChI is InChI=1S/C11H18N4O2S/c1-7(2)14-11(9(16)17,8-3-4-8)5-18-10-12-6-13-15-10/h6-8,14H,3-5H2,1-2H3,(H,16,17)(H,12,13,15). The number of carbonyl (C=O) groups is 1. The van der Waals surface area contributed by atoms with Crippen molar-refractivity contribution >= 4 is 17.7 Å². The number of aliphatic carboxylic acids is 1. The summed E-state index contributed by atoms with van der Waals surface area (Å²) in [4.78, 5) is 15.7. The molecule has 7 heteroatoms. The first-order valence-electron chi connectivity index (χ1n) is 6.04. The van der Waals surface area contributed by atoms with Gasteiger partial charge in [0.25, 0.3) is 0 Å². The first-order chi connectivity index (χ1) is 8.54. The Balaban J connectivity index is 2.10. The number of aromatic amines is 1. The summed E-state index contributed by atoms with van der Waals surface area (Å²) in [5, 5.41) is 20.0. The van der Waals surface area contributed by atoms with Gasteiger partial charge in [0.15, 0.2) is 5.16 Å². The zero-order chi connectivity index (χ0) is 13.2. The Morgan fingerprint density at radius 1 is 1.72 bits per heavy atom. The first-order valence-corrected chi connectivity index (χ1v) is 7.02. The number of nitrogens with zero attached hydrogens (tertiary/aromatic N) is 2. The SMILES string of the molecule is CC(C)NC(CSc1ncn[nH]1)(C(=O)O)C1CC1. The Kier molecular flexibility index (Phi) is 3.91. The highest BCUT2D eigenvalue weighted by Crippen LogP contribution is 2.42. The number of nitrogens with one attached hydrogen (secondary N) is 2. The maximum absolute atomic E-state index is 11.7. The van der Waals surface area contributed by atoms with Gasteiger partial charge in [-0.05, 0) is 32.6 Å². The van der Waals surface area contributed by atoms with Crippen LogP contribution < -0.4 is 5.32 Å². The molecule has 6 nitrogen and oxygen atoms in total. The monoisotopic (exact) mass is 270 g/mol. The van der Waals surface area contributed by atoms with Crippen LogP contribution in [0, 0.1) is 5.92 Å². The smallest absolute Gasteiger partial charge is 0.325 e. The van der Waals surface area contributed by atoms with E-state index >= 15 is 0 Å². The van der Waals surface area contributed by atoms with Gasteiger partial charge < -0.3 is 5.11 Å². The number of thioether (sulfide) groups is 1. The molecule has 1 heterocycles. The minimum Gasteiger partial charge on any atom is -0.480 e. The number of hydrogen-bond donors (Lipinski definition) is 3. The summed E-state index contributed by atoms with van der Waals surface area (Å²) >= 11 is 1.40. The van der Waals surface area contributed by atoms with Crippen LogP contribution in [0.4, 0.5) is 0 Å². The second-order valence-electron chi connectivity index (χ2n) is 4.93. The summed E-state index contributed by atoms with van der Waals surface area (Å²) in [6.07, 6.45) is 3.38. The van der Waals surface area contributed by atoms with Crippen molar-refractivity contribution in [2.45, 2.75) is 43.4 Å². The number of rotatable bonds is 7. The number of aromatic nitrogens is 3. The molecule has 0 spiro atoms. The molecule has 0 radical (unpaired) electrons. The van der Waals surface area contributed by atoms with E-state index in [1.807, 2.05) is 13.8 Å². The zero-order valence-electron chi connectivity index (χ0n) is 10.5. The predicted octanol–water partition coefficient (Wildman–Crippen LogP) is 1.13. The summed E-state index contributed by atoms with van der Waals surface area (Å²) in [5.74, 6) is -0.0982. The van der Waals surface area contributed by atoms with E-state index in [0.717, 1.165) is 12.8 Å². The molecule has 1 aliphatic carbocycles. The van der Waals surface area contributed by atoms with E-state index in [9.17, 15) is 9.90 Å². The van der Waals surface area contributed by atoms with Gasteiger partial charge in [-0.3, -0.25) is 15.2 Å². The summed E-state index contributed by atoms with van der Waals surface area (Å²) in [6, 6.07) is 0.136. The fourth-order valence-electron chi connectivity index (χ4n) is 2.11. The Hall–Kier alpha value is -1.08. The lowest BCUT2D eigenvalue weighted by molar-refractivity contribution is -0.145. The van der Waals surface area contributed by atoms with Crippen molar-refractivity contribution in [1.82, 2.24) is 20.5 Å². The number of H-pyrrole nitrogens is 1. The highest BCUT2D eigenvalue weighted by Gasteiger charge is 2.51. The van der Waals surface area contributed by atoms with Crippen molar-refractivity contribution in [3.8, 4) is 0 Å². The van der Waals surface area contributed by atoms with Crippen molar-refractivity contribution in [2.24, 2.45) is 5.92 Å². The van der Waals surface area contributed by atoms with E-state index in [1.54, 1.807) is 0 Å². The van der Waals surface area contributed by atoms with Gasteiger partial charge in [0, 0.05) is 11.8 Å². The maximum atomic E-state index is 11.7. The highest BCUT2D eigenvalue weighted by atomic mass is 32.2. The number of carboxylic acid groups (broad SMARTS) is 1. The van der Waals surface area contributed by atoms with E-state index in [-0.39, 0.29) is 12.0 Å². The van der Waals surface area contributed by atoms with Crippen LogP contribution in [-0.2, 0) is 4.79 Å². The van der Waals surface area contributed by atoms with Crippen LogP contribution in [0.15, 0.2) is 11.5 Å². The van der Waals surface area contributed by atoms with E-state index in [1.165, 1.54) is 18.1 Å². The molecular formula is C11H18N4O2S. The minimum absolute atomic E-state index is 0.136. The van der Waals surface area contributed by atoms with E-state index < -0.39 is 11.5 Å². The summed E-state index contributed by atoms with van der Waals surface area (Å²) in [5.41, 5.74) is -0.856. The molecule has 1 aromatic heterocycles. The molecule has 18 heavy (non-hydrogen) atoms. The Bertz CT molecular complexity index is 405. The average Bonchev–Trinajstić information content (AvgIpc) is 3.01.